The number of nitrogens with two attached hydrogens (primary N) is 1. The molecule has 0 aliphatic heterocycles. The molecule has 3 amide bonds. The van der Waals surface area contributed by atoms with Gasteiger partial charge in [-0.3, -0.25) is 4.79 Å². The Hall–Kier alpha value is -2.43. The number of carbonyl (C=O) groups excluding carboxylic acids is 3. The minimum Gasteiger partial charge on any atom is -0.442 e. The van der Waals surface area contributed by atoms with Crippen molar-refractivity contribution < 1.29 is 24.4 Å². The van der Waals surface area contributed by atoms with Crippen LogP contribution in [0, 0.1) is 11.8 Å². The van der Waals surface area contributed by atoms with Crippen LogP contribution in [0.3, 0.4) is 0 Å². The highest BCUT2D eigenvalue weighted by molar-refractivity contribution is 7.81. The van der Waals surface area contributed by atoms with E-state index < -0.39 is 17.6 Å². The summed E-state index contributed by atoms with van der Waals surface area (Å²) in [6.45, 7) is 5.27. The zero-order valence-electron chi connectivity index (χ0n) is 19.5. The largest absolute Gasteiger partial charge is 0.442 e. The van der Waals surface area contributed by atoms with Crippen LogP contribution in [-0.4, -0.2) is 64.7 Å². The SMILES string of the molecule is CN(C)C(=O)C1CCC(NC(=S)C(=O)[NH2+]c2ccc(Cl)cn2)C(C=NC(=O)OC(C)(C)C)C1. The first-order valence-corrected chi connectivity index (χ1v) is 11.4. The molecule has 1 heterocycles. The molecule has 0 radical (unpaired) electrons. The van der Waals surface area contributed by atoms with E-state index in [0.29, 0.717) is 30.1 Å². The van der Waals surface area contributed by atoms with Crippen LogP contribution in [-0.2, 0) is 14.3 Å². The molecule has 1 saturated carbocycles. The fourth-order valence-electron chi connectivity index (χ4n) is 3.50. The maximum Gasteiger partial charge on any atom is 0.433 e. The predicted octanol–water partition coefficient (Wildman–Crippen LogP) is 2.25. The first-order valence-electron chi connectivity index (χ1n) is 10.6. The van der Waals surface area contributed by atoms with E-state index in [-0.39, 0.29) is 28.8 Å². The molecule has 0 bridgehead atoms. The molecule has 0 aromatic carbocycles. The highest BCUT2D eigenvalue weighted by Crippen LogP contribution is 2.30. The number of amides is 3. The van der Waals surface area contributed by atoms with Crippen molar-refractivity contribution >= 4 is 58.7 Å². The maximum atomic E-state index is 12.6. The normalized spacial score (nSPS) is 20.8. The van der Waals surface area contributed by atoms with Crippen LogP contribution in [0.15, 0.2) is 23.3 Å². The molecule has 1 fully saturated rings. The first-order chi connectivity index (χ1) is 15.4. The molecular weight excluding hydrogens is 466 g/mol. The Morgan fingerprint density at radius 3 is 2.58 bits per heavy atom. The number of rotatable bonds is 4. The van der Waals surface area contributed by atoms with Crippen molar-refractivity contribution in [2.45, 2.75) is 51.7 Å². The van der Waals surface area contributed by atoms with Gasteiger partial charge in [0.1, 0.15) is 5.60 Å². The van der Waals surface area contributed by atoms with Gasteiger partial charge in [0.15, 0.2) is 0 Å². The molecule has 3 atom stereocenters. The van der Waals surface area contributed by atoms with Gasteiger partial charge in [0.2, 0.25) is 16.7 Å². The highest BCUT2D eigenvalue weighted by atomic mass is 35.5. The monoisotopic (exact) mass is 496 g/mol. The molecule has 1 aliphatic carbocycles. The number of ether oxygens (including phenoxy) is 1. The van der Waals surface area contributed by atoms with Crippen molar-refractivity contribution in [3.05, 3.63) is 23.4 Å². The van der Waals surface area contributed by atoms with Crippen molar-refractivity contribution in [3.8, 4) is 0 Å². The lowest BCUT2D eigenvalue weighted by atomic mass is 9.78. The molecule has 11 heteroatoms. The maximum absolute atomic E-state index is 12.6. The van der Waals surface area contributed by atoms with E-state index >= 15 is 0 Å². The van der Waals surface area contributed by atoms with Crippen LogP contribution >= 0.6 is 23.8 Å². The number of thiocarbonyl (C=S) groups is 1. The second-order valence-electron chi connectivity index (χ2n) is 9.15. The standard InChI is InChI=1S/C22H30ClN5O4S/c1-22(2,3)32-21(31)25-11-14-10-13(20(30)28(4)5)6-8-16(14)26-19(33)18(29)27-17-9-7-15(23)12-24-17/h7,9,11-14,16H,6,8,10H2,1-5H3,(H,26,33)(H,24,27,29)/p+1. The number of carbonyl (C=O) groups is 3. The zero-order valence-corrected chi connectivity index (χ0v) is 21.1. The van der Waals surface area contributed by atoms with Gasteiger partial charge >= 0.3 is 12.0 Å². The summed E-state index contributed by atoms with van der Waals surface area (Å²) in [6.07, 6.45) is 3.93. The van der Waals surface area contributed by atoms with E-state index in [4.69, 9.17) is 28.6 Å². The quantitative estimate of drug-likeness (QED) is 0.485. The molecule has 3 N–H and O–H groups in total. The van der Waals surface area contributed by atoms with E-state index in [2.05, 4.69) is 15.3 Å². The van der Waals surface area contributed by atoms with Gasteiger partial charge in [-0.2, -0.15) is 4.99 Å². The molecule has 9 nitrogen and oxygen atoms in total. The molecule has 3 unspecified atom stereocenters. The number of nitrogens with one attached hydrogen (secondary N) is 1. The highest BCUT2D eigenvalue weighted by Gasteiger charge is 2.35. The number of pyridine rings is 1. The molecule has 2 rings (SSSR count). The summed E-state index contributed by atoms with van der Waals surface area (Å²) >= 11 is 11.1. The molecular formula is C22H31ClN5O4S+. The summed E-state index contributed by atoms with van der Waals surface area (Å²) in [4.78, 5) is 46.7. The van der Waals surface area contributed by atoms with E-state index in [1.54, 1.807) is 51.9 Å². The van der Waals surface area contributed by atoms with E-state index in [1.165, 1.54) is 17.7 Å². The molecule has 0 saturated heterocycles. The summed E-state index contributed by atoms with van der Waals surface area (Å²) in [5.41, 5.74) is -0.665. The Balaban J connectivity index is 2.09. The number of aliphatic imine (C=N–C) groups is 1. The van der Waals surface area contributed by atoms with Crippen molar-refractivity contribution in [1.29, 1.82) is 0 Å². The molecule has 180 valence electrons. The number of quaternary nitrogens is 1. The predicted molar refractivity (Wildman–Crippen MR) is 130 cm³/mol. The topological polar surface area (TPSA) is 118 Å². The zero-order chi connectivity index (χ0) is 24.8. The Morgan fingerprint density at radius 1 is 1.30 bits per heavy atom. The minimum absolute atomic E-state index is 0.0184. The van der Waals surface area contributed by atoms with Crippen LogP contribution in [0.25, 0.3) is 0 Å². The van der Waals surface area contributed by atoms with Gasteiger partial charge in [0, 0.05) is 44.3 Å². The van der Waals surface area contributed by atoms with Crippen LogP contribution in [0.4, 0.5) is 10.6 Å². The summed E-state index contributed by atoms with van der Waals surface area (Å²) in [5, 5.41) is 4.89. The van der Waals surface area contributed by atoms with E-state index in [9.17, 15) is 14.4 Å². The smallest absolute Gasteiger partial charge is 0.433 e. The van der Waals surface area contributed by atoms with E-state index in [1.807, 2.05) is 0 Å². The Labute approximate surface area is 204 Å². The molecule has 1 aromatic rings. The summed E-state index contributed by atoms with van der Waals surface area (Å²) in [7, 11) is 3.43. The van der Waals surface area contributed by atoms with Gasteiger partial charge in [-0.05, 0) is 46.1 Å². The first kappa shape index (κ1) is 26.8. The lowest BCUT2D eigenvalue weighted by Crippen LogP contribution is -2.85. The third-order valence-electron chi connectivity index (χ3n) is 5.02. The minimum atomic E-state index is -0.705. The molecule has 0 spiro atoms. The van der Waals surface area contributed by atoms with Crippen LogP contribution < -0.4 is 10.6 Å². The van der Waals surface area contributed by atoms with Gasteiger partial charge < -0.3 is 15.0 Å². The molecule has 1 aromatic heterocycles. The number of primary amides is 1. The second-order valence-corrected chi connectivity index (χ2v) is 10.00. The van der Waals surface area contributed by atoms with Gasteiger partial charge in [-0.1, -0.05) is 23.8 Å². The summed E-state index contributed by atoms with van der Waals surface area (Å²) < 4.78 is 5.24. The van der Waals surface area contributed by atoms with Crippen LogP contribution in [0.1, 0.15) is 40.0 Å². The fraction of sp³-hybridized carbons (Fsp3) is 0.545. The van der Waals surface area contributed by atoms with Crippen LogP contribution in [0.5, 0.6) is 0 Å². The number of hydrogen-bond acceptors (Lipinski definition) is 6. The van der Waals surface area contributed by atoms with E-state index in [0.717, 1.165) is 0 Å². The number of hydrogen-bond donors (Lipinski definition) is 2. The summed E-state index contributed by atoms with van der Waals surface area (Å²) in [6, 6.07) is 3.00. The summed E-state index contributed by atoms with van der Waals surface area (Å²) in [5.74, 6) is -0.433. The van der Waals surface area contributed by atoms with Gasteiger partial charge in [0.25, 0.3) is 0 Å². The van der Waals surface area contributed by atoms with Crippen molar-refractivity contribution in [2.75, 3.05) is 14.1 Å². The Morgan fingerprint density at radius 2 is 2.00 bits per heavy atom. The second kappa shape index (κ2) is 11.6. The van der Waals surface area contributed by atoms with Crippen molar-refractivity contribution in [2.24, 2.45) is 16.8 Å². The average molecular weight is 497 g/mol. The van der Waals surface area contributed by atoms with Crippen molar-refractivity contribution in [3.63, 3.8) is 0 Å². The van der Waals surface area contributed by atoms with Crippen molar-refractivity contribution in [1.82, 2.24) is 15.2 Å². The fourth-order valence-corrected chi connectivity index (χ4v) is 3.82. The van der Waals surface area contributed by atoms with Gasteiger partial charge in [0.05, 0.1) is 11.2 Å². The number of aromatic nitrogens is 1. The van der Waals surface area contributed by atoms with Gasteiger partial charge in [-0.15, -0.1) is 0 Å². The lowest BCUT2D eigenvalue weighted by Gasteiger charge is -2.35. The Bertz CT molecular complexity index is 914. The third kappa shape index (κ3) is 8.79. The number of halogens is 1. The number of nitrogens with zero attached hydrogens (tertiary/aromatic N) is 3. The Kier molecular flexibility index (Phi) is 9.45. The van der Waals surface area contributed by atoms with Crippen LogP contribution in [0.2, 0.25) is 5.02 Å². The lowest BCUT2D eigenvalue weighted by molar-refractivity contribution is -0.479. The molecule has 33 heavy (non-hydrogen) atoms. The molecule has 1 aliphatic rings. The average Bonchev–Trinajstić information content (AvgIpc) is 2.72. The third-order valence-corrected chi connectivity index (χ3v) is 5.57. The van der Waals surface area contributed by atoms with Gasteiger partial charge in [-0.25, -0.2) is 19.9 Å².